The second kappa shape index (κ2) is 5.25. The van der Waals surface area contributed by atoms with Crippen molar-refractivity contribution >= 4 is 39.8 Å². The molecule has 0 saturated heterocycles. The summed E-state index contributed by atoms with van der Waals surface area (Å²) in [6, 6.07) is 2.03. The predicted molar refractivity (Wildman–Crippen MR) is 73.6 cm³/mol. The van der Waals surface area contributed by atoms with Crippen molar-refractivity contribution < 1.29 is 4.79 Å². The number of anilines is 1. The summed E-state index contributed by atoms with van der Waals surface area (Å²) in [5, 5.41) is 5.38. The maximum Gasteiger partial charge on any atom is 0.250 e. The fraction of sp³-hybridized carbons (Fsp3) is 0.167. The van der Waals surface area contributed by atoms with Crippen molar-refractivity contribution in [1.29, 1.82) is 0 Å². The number of hydrogen-bond acceptors (Lipinski definition) is 4. The van der Waals surface area contributed by atoms with Crippen molar-refractivity contribution in [3.63, 3.8) is 0 Å². The van der Waals surface area contributed by atoms with Gasteiger partial charge in [0.05, 0.1) is 0 Å². The van der Waals surface area contributed by atoms with Gasteiger partial charge in [-0.05, 0) is 36.9 Å². The van der Waals surface area contributed by atoms with Gasteiger partial charge in [0.1, 0.15) is 0 Å². The molecule has 0 radical (unpaired) electrons. The van der Waals surface area contributed by atoms with E-state index in [0.717, 1.165) is 9.75 Å². The molecule has 2 heterocycles. The second-order valence-electron chi connectivity index (χ2n) is 3.57. The number of aromatic nitrogens is 1. The molecule has 5 heteroatoms. The lowest BCUT2D eigenvalue weighted by Crippen LogP contribution is -2.06. The third-order valence-corrected chi connectivity index (χ3v) is 3.95. The number of rotatable bonds is 3. The fourth-order valence-electron chi connectivity index (χ4n) is 1.27. The summed E-state index contributed by atoms with van der Waals surface area (Å²) in [4.78, 5) is 17.9. The maximum absolute atomic E-state index is 11.6. The third kappa shape index (κ3) is 3.25. The smallest absolute Gasteiger partial charge is 0.250 e. The van der Waals surface area contributed by atoms with Crippen LogP contribution in [0.25, 0.3) is 6.08 Å². The van der Waals surface area contributed by atoms with Crippen LogP contribution < -0.4 is 5.32 Å². The first-order valence-electron chi connectivity index (χ1n) is 5.11. The van der Waals surface area contributed by atoms with E-state index in [-0.39, 0.29) is 5.91 Å². The minimum Gasteiger partial charge on any atom is -0.298 e. The molecule has 2 rings (SSSR count). The van der Waals surface area contributed by atoms with Gasteiger partial charge in [-0.25, -0.2) is 4.98 Å². The molecule has 2 aromatic heterocycles. The van der Waals surface area contributed by atoms with Gasteiger partial charge in [0.2, 0.25) is 5.91 Å². The molecule has 1 amide bonds. The first-order chi connectivity index (χ1) is 8.15. The zero-order valence-corrected chi connectivity index (χ0v) is 11.2. The van der Waals surface area contributed by atoms with Crippen LogP contribution in [0.1, 0.15) is 15.3 Å². The van der Waals surface area contributed by atoms with Gasteiger partial charge in [-0.15, -0.1) is 22.7 Å². The van der Waals surface area contributed by atoms with E-state index >= 15 is 0 Å². The monoisotopic (exact) mass is 264 g/mol. The molecule has 0 saturated carbocycles. The predicted octanol–water partition coefficient (Wildman–Crippen LogP) is 3.47. The number of nitrogens with one attached hydrogen (secondary N) is 1. The van der Waals surface area contributed by atoms with Gasteiger partial charge in [-0.2, -0.15) is 0 Å². The number of hydrogen-bond donors (Lipinski definition) is 1. The zero-order chi connectivity index (χ0) is 12.3. The van der Waals surface area contributed by atoms with Crippen molar-refractivity contribution in [2.24, 2.45) is 0 Å². The molecule has 0 aliphatic rings. The molecule has 0 unspecified atom stereocenters. The minimum atomic E-state index is -0.146. The van der Waals surface area contributed by atoms with Crippen LogP contribution >= 0.6 is 22.7 Å². The molecule has 2 aromatic rings. The Balaban J connectivity index is 1.98. The summed E-state index contributed by atoms with van der Waals surface area (Å²) in [6.45, 7) is 3.98. The molecule has 0 aliphatic carbocycles. The summed E-state index contributed by atoms with van der Waals surface area (Å²) in [5.41, 5.74) is 1.18. The average Bonchev–Trinajstić information content (AvgIpc) is 2.85. The normalized spacial score (nSPS) is 10.9. The molecule has 17 heavy (non-hydrogen) atoms. The summed E-state index contributed by atoms with van der Waals surface area (Å²) >= 11 is 3.09. The molecule has 3 nitrogen and oxygen atoms in total. The lowest BCUT2D eigenvalue weighted by atomic mass is 10.3. The van der Waals surface area contributed by atoms with Crippen LogP contribution in [0.15, 0.2) is 23.7 Å². The van der Waals surface area contributed by atoms with Crippen molar-refractivity contribution in [2.75, 3.05) is 5.32 Å². The van der Waals surface area contributed by atoms with Gasteiger partial charge < -0.3 is 0 Å². The summed E-state index contributed by atoms with van der Waals surface area (Å²) in [6.07, 6.45) is 5.11. The van der Waals surface area contributed by atoms with Gasteiger partial charge in [0.15, 0.2) is 5.13 Å². The van der Waals surface area contributed by atoms with Crippen LogP contribution in [0, 0.1) is 13.8 Å². The summed E-state index contributed by atoms with van der Waals surface area (Å²) < 4.78 is 0. The number of amides is 1. The quantitative estimate of drug-likeness (QED) is 0.862. The highest BCUT2D eigenvalue weighted by Gasteiger charge is 2.02. The molecular weight excluding hydrogens is 252 g/mol. The summed E-state index contributed by atoms with van der Waals surface area (Å²) in [5.74, 6) is -0.146. The van der Waals surface area contributed by atoms with Crippen LogP contribution in [0.5, 0.6) is 0 Å². The molecular formula is C12H12N2OS2. The van der Waals surface area contributed by atoms with Crippen LogP contribution in [0.3, 0.4) is 0 Å². The van der Waals surface area contributed by atoms with E-state index in [0.29, 0.717) is 5.13 Å². The molecule has 0 aromatic carbocycles. The molecule has 0 aliphatic heterocycles. The van der Waals surface area contributed by atoms with E-state index in [2.05, 4.69) is 10.3 Å². The Morgan fingerprint density at radius 2 is 2.29 bits per heavy atom. The van der Waals surface area contributed by atoms with E-state index in [4.69, 9.17) is 0 Å². The maximum atomic E-state index is 11.6. The van der Waals surface area contributed by atoms with E-state index in [1.54, 1.807) is 17.5 Å². The average molecular weight is 264 g/mol. The van der Waals surface area contributed by atoms with Crippen LogP contribution in [0.2, 0.25) is 0 Å². The highest BCUT2D eigenvalue weighted by Crippen LogP contribution is 2.18. The number of nitrogens with zero attached hydrogens (tertiary/aromatic N) is 1. The molecule has 0 bridgehead atoms. The number of thiophene rings is 1. The lowest BCUT2D eigenvalue weighted by molar-refractivity contribution is -0.111. The number of carbonyl (C=O) groups excluding carboxylic acids is 1. The molecule has 88 valence electrons. The van der Waals surface area contributed by atoms with Crippen LogP contribution in [0.4, 0.5) is 5.13 Å². The van der Waals surface area contributed by atoms with Crippen molar-refractivity contribution in [3.8, 4) is 0 Å². The van der Waals surface area contributed by atoms with Crippen LogP contribution in [-0.4, -0.2) is 10.9 Å². The van der Waals surface area contributed by atoms with Crippen molar-refractivity contribution in [1.82, 2.24) is 4.98 Å². The van der Waals surface area contributed by atoms with Gasteiger partial charge in [0.25, 0.3) is 0 Å². The van der Waals surface area contributed by atoms with Gasteiger partial charge in [0, 0.05) is 22.0 Å². The zero-order valence-electron chi connectivity index (χ0n) is 9.56. The number of aryl methyl sites for hydroxylation is 2. The van der Waals surface area contributed by atoms with Gasteiger partial charge >= 0.3 is 0 Å². The molecule has 1 N–H and O–H groups in total. The first kappa shape index (κ1) is 12.0. The Morgan fingerprint density at radius 3 is 2.88 bits per heavy atom. The van der Waals surface area contributed by atoms with E-state index in [9.17, 15) is 4.79 Å². The Kier molecular flexibility index (Phi) is 3.71. The topological polar surface area (TPSA) is 42.0 Å². The van der Waals surface area contributed by atoms with Crippen LogP contribution in [-0.2, 0) is 4.79 Å². The van der Waals surface area contributed by atoms with E-state index in [1.165, 1.54) is 23.0 Å². The lowest BCUT2D eigenvalue weighted by Gasteiger charge is -1.95. The molecule has 0 fully saturated rings. The Bertz CT molecular complexity index is 554. The second-order valence-corrected chi connectivity index (χ2v) is 5.75. The number of thiazole rings is 1. The first-order valence-corrected chi connectivity index (χ1v) is 6.80. The van der Waals surface area contributed by atoms with Crippen molar-refractivity contribution in [3.05, 3.63) is 39.0 Å². The SMILES string of the molecule is Cc1cnc(NC(=O)C=Cc2sccc2C)s1. The standard InChI is InChI=1S/C12H12N2OS2/c1-8-5-6-16-10(8)3-4-11(15)14-12-13-7-9(2)17-12/h3-7H,1-2H3,(H,13,14,15). The third-order valence-electron chi connectivity index (χ3n) is 2.14. The van der Waals surface area contributed by atoms with Gasteiger partial charge in [-0.1, -0.05) is 0 Å². The highest BCUT2D eigenvalue weighted by atomic mass is 32.1. The van der Waals surface area contributed by atoms with Gasteiger partial charge in [-0.3, -0.25) is 10.1 Å². The fourth-order valence-corrected chi connectivity index (χ4v) is 2.75. The van der Waals surface area contributed by atoms with E-state index in [1.807, 2.05) is 31.4 Å². The largest absolute Gasteiger partial charge is 0.298 e. The highest BCUT2D eigenvalue weighted by molar-refractivity contribution is 7.15. The Hall–Kier alpha value is -1.46. The minimum absolute atomic E-state index is 0.146. The molecule has 0 atom stereocenters. The van der Waals surface area contributed by atoms with Crippen molar-refractivity contribution in [2.45, 2.75) is 13.8 Å². The Labute approximate surface area is 108 Å². The summed E-state index contributed by atoms with van der Waals surface area (Å²) in [7, 11) is 0. The Morgan fingerprint density at radius 1 is 1.47 bits per heavy atom. The number of carbonyl (C=O) groups is 1. The van der Waals surface area contributed by atoms with E-state index < -0.39 is 0 Å². The molecule has 0 spiro atoms.